The van der Waals surface area contributed by atoms with Crippen molar-refractivity contribution in [3.05, 3.63) is 63.9 Å². The lowest BCUT2D eigenvalue weighted by Crippen LogP contribution is -2.18. The zero-order valence-electron chi connectivity index (χ0n) is 10.8. The zero-order chi connectivity index (χ0) is 15.1. The maximum atomic E-state index is 11.3. The number of rotatable bonds is 5. The number of nitrogens with zero attached hydrogens (tertiary/aromatic N) is 2. The summed E-state index contributed by atoms with van der Waals surface area (Å²) in [4.78, 5) is 21.1. The van der Waals surface area contributed by atoms with Gasteiger partial charge in [0.1, 0.15) is 11.5 Å². The Morgan fingerprint density at radius 3 is 2.76 bits per heavy atom. The van der Waals surface area contributed by atoms with Gasteiger partial charge in [-0.05, 0) is 11.6 Å². The van der Waals surface area contributed by atoms with E-state index in [2.05, 4.69) is 10.5 Å². The van der Waals surface area contributed by atoms with Crippen molar-refractivity contribution < 1.29 is 18.9 Å². The van der Waals surface area contributed by atoms with E-state index in [1.165, 1.54) is 12.1 Å². The molecule has 8 nitrogen and oxygen atoms in total. The standard InChI is InChI=1S/C13H11N3O5/c17-13(20-9-10-4-2-1-3-5-10)15-14-8-11-6-7-12(21-11)16(18)19/h1-8H,9H2,(H,15,17)/b14-8+. The molecule has 0 saturated heterocycles. The van der Waals surface area contributed by atoms with Crippen molar-refractivity contribution in [1.29, 1.82) is 0 Å². The highest BCUT2D eigenvalue weighted by Crippen LogP contribution is 2.13. The molecule has 0 spiro atoms. The normalized spacial score (nSPS) is 10.5. The van der Waals surface area contributed by atoms with E-state index in [0.29, 0.717) is 0 Å². The molecule has 0 aliphatic heterocycles. The predicted octanol–water partition coefficient (Wildman–Crippen LogP) is 2.45. The van der Waals surface area contributed by atoms with Crippen LogP contribution in [0.1, 0.15) is 11.3 Å². The van der Waals surface area contributed by atoms with E-state index >= 15 is 0 Å². The van der Waals surface area contributed by atoms with E-state index in [9.17, 15) is 14.9 Å². The number of carbonyl (C=O) groups is 1. The minimum atomic E-state index is -0.740. The summed E-state index contributed by atoms with van der Waals surface area (Å²) < 4.78 is 9.72. The number of hydrogen-bond donors (Lipinski definition) is 1. The average molecular weight is 289 g/mol. The summed E-state index contributed by atoms with van der Waals surface area (Å²) in [6.07, 6.45) is 0.396. The monoisotopic (exact) mass is 289 g/mol. The molecule has 1 amide bonds. The van der Waals surface area contributed by atoms with E-state index in [0.717, 1.165) is 11.8 Å². The molecule has 0 saturated carbocycles. The Morgan fingerprint density at radius 2 is 2.10 bits per heavy atom. The third-order valence-corrected chi connectivity index (χ3v) is 2.35. The first kappa shape index (κ1) is 14.3. The van der Waals surface area contributed by atoms with Crippen molar-refractivity contribution in [2.45, 2.75) is 6.61 Å². The predicted molar refractivity (Wildman–Crippen MR) is 72.7 cm³/mol. The molecule has 0 aliphatic rings. The molecule has 0 fully saturated rings. The first-order valence-corrected chi connectivity index (χ1v) is 5.89. The molecule has 1 heterocycles. The van der Waals surface area contributed by atoms with Crippen LogP contribution in [0.15, 0.2) is 52.0 Å². The molecule has 2 aromatic rings. The summed E-state index contributed by atoms with van der Waals surface area (Å²) in [7, 11) is 0. The second-order valence-electron chi connectivity index (χ2n) is 3.86. The zero-order valence-corrected chi connectivity index (χ0v) is 10.8. The Kier molecular flexibility index (Phi) is 4.65. The number of amides is 1. The lowest BCUT2D eigenvalue weighted by atomic mass is 10.2. The molecule has 8 heteroatoms. The van der Waals surface area contributed by atoms with Gasteiger partial charge in [0.25, 0.3) is 0 Å². The Hall–Kier alpha value is -3.16. The van der Waals surface area contributed by atoms with Crippen molar-refractivity contribution in [2.24, 2.45) is 5.10 Å². The fraction of sp³-hybridized carbons (Fsp3) is 0.0769. The minimum absolute atomic E-state index is 0.119. The molecule has 0 aliphatic carbocycles. The molecule has 2 rings (SSSR count). The van der Waals surface area contributed by atoms with Crippen LogP contribution in [0.25, 0.3) is 0 Å². The van der Waals surface area contributed by atoms with Gasteiger partial charge in [0, 0.05) is 0 Å². The Labute approximate surface area is 119 Å². The number of nitro groups is 1. The number of furan rings is 1. The summed E-state index contributed by atoms with van der Waals surface area (Å²) in [6, 6.07) is 11.7. The molecule has 1 aromatic carbocycles. The Morgan fingerprint density at radius 1 is 1.33 bits per heavy atom. The van der Waals surface area contributed by atoms with Crippen LogP contribution in [0.3, 0.4) is 0 Å². The van der Waals surface area contributed by atoms with Crippen LogP contribution in [0.4, 0.5) is 10.7 Å². The van der Waals surface area contributed by atoms with Crippen molar-refractivity contribution >= 4 is 18.2 Å². The van der Waals surface area contributed by atoms with E-state index in [-0.39, 0.29) is 12.4 Å². The van der Waals surface area contributed by atoms with Gasteiger partial charge in [-0.1, -0.05) is 30.3 Å². The smallest absolute Gasteiger partial charge is 0.433 e. The minimum Gasteiger partial charge on any atom is -0.443 e. The van der Waals surface area contributed by atoms with Crippen LogP contribution < -0.4 is 5.43 Å². The number of ether oxygens (including phenoxy) is 1. The quantitative estimate of drug-likeness (QED) is 0.516. The largest absolute Gasteiger partial charge is 0.443 e. The number of hydrazone groups is 1. The van der Waals surface area contributed by atoms with Gasteiger partial charge in [0.15, 0.2) is 5.76 Å². The molecule has 0 unspecified atom stereocenters. The molecule has 0 radical (unpaired) electrons. The third kappa shape index (κ3) is 4.46. The second-order valence-corrected chi connectivity index (χ2v) is 3.86. The fourth-order valence-electron chi connectivity index (χ4n) is 1.41. The third-order valence-electron chi connectivity index (χ3n) is 2.35. The summed E-state index contributed by atoms with van der Waals surface area (Å²) in [5.41, 5.74) is 2.96. The van der Waals surface area contributed by atoms with Crippen molar-refractivity contribution in [3.8, 4) is 0 Å². The van der Waals surface area contributed by atoms with Crippen molar-refractivity contribution in [1.82, 2.24) is 5.43 Å². The van der Waals surface area contributed by atoms with E-state index in [4.69, 9.17) is 9.15 Å². The summed E-state index contributed by atoms with van der Waals surface area (Å²) in [5.74, 6) is -0.256. The van der Waals surface area contributed by atoms with E-state index in [1.807, 2.05) is 30.3 Å². The molecule has 0 bridgehead atoms. The van der Waals surface area contributed by atoms with Crippen LogP contribution in [0.2, 0.25) is 0 Å². The topological polar surface area (TPSA) is 107 Å². The molecule has 1 aromatic heterocycles. The second kappa shape index (κ2) is 6.85. The molecule has 0 atom stereocenters. The maximum absolute atomic E-state index is 11.3. The van der Waals surface area contributed by atoms with E-state index in [1.54, 1.807) is 0 Å². The highest BCUT2D eigenvalue weighted by molar-refractivity contribution is 5.78. The van der Waals surface area contributed by atoms with Gasteiger partial charge in [-0.25, -0.2) is 10.2 Å². The van der Waals surface area contributed by atoms with Gasteiger partial charge in [-0.2, -0.15) is 5.10 Å². The van der Waals surface area contributed by atoms with Crippen LogP contribution in [0.5, 0.6) is 0 Å². The maximum Gasteiger partial charge on any atom is 0.433 e. The molecule has 1 N–H and O–H groups in total. The molecule has 108 valence electrons. The molecular weight excluding hydrogens is 278 g/mol. The van der Waals surface area contributed by atoms with Crippen molar-refractivity contribution in [3.63, 3.8) is 0 Å². The van der Waals surface area contributed by atoms with Crippen LogP contribution in [-0.4, -0.2) is 17.2 Å². The van der Waals surface area contributed by atoms with Crippen molar-refractivity contribution in [2.75, 3.05) is 0 Å². The number of hydrogen-bond acceptors (Lipinski definition) is 6. The van der Waals surface area contributed by atoms with Gasteiger partial charge < -0.3 is 9.15 Å². The van der Waals surface area contributed by atoms with Gasteiger partial charge in [-0.15, -0.1) is 0 Å². The number of benzene rings is 1. The van der Waals surface area contributed by atoms with Gasteiger partial charge in [-0.3, -0.25) is 10.1 Å². The van der Waals surface area contributed by atoms with Gasteiger partial charge in [0.05, 0.1) is 12.3 Å². The summed E-state index contributed by atoms with van der Waals surface area (Å²) >= 11 is 0. The van der Waals surface area contributed by atoms with Gasteiger partial charge >= 0.3 is 12.0 Å². The first-order chi connectivity index (χ1) is 10.1. The van der Waals surface area contributed by atoms with Crippen LogP contribution in [-0.2, 0) is 11.3 Å². The lowest BCUT2D eigenvalue weighted by Gasteiger charge is -2.02. The van der Waals surface area contributed by atoms with Gasteiger partial charge in [0.2, 0.25) is 0 Å². The summed E-state index contributed by atoms with van der Waals surface area (Å²) in [5, 5.41) is 14.0. The first-order valence-electron chi connectivity index (χ1n) is 5.89. The molecular formula is C13H11N3O5. The fourth-order valence-corrected chi connectivity index (χ4v) is 1.41. The average Bonchev–Trinajstić information content (AvgIpc) is 2.95. The lowest BCUT2D eigenvalue weighted by molar-refractivity contribution is -0.402. The molecule has 21 heavy (non-hydrogen) atoms. The van der Waals surface area contributed by atoms with E-state index < -0.39 is 16.9 Å². The highest BCUT2D eigenvalue weighted by Gasteiger charge is 2.10. The van der Waals surface area contributed by atoms with Crippen LogP contribution >= 0.6 is 0 Å². The Balaban J connectivity index is 1.77. The van der Waals surface area contributed by atoms with Crippen LogP contribution in [0, 0.1) is 10.1 Å². The number of nitrogens with one attached hydrogen (secondary N) is 1. The summed E-state index contributed by atoms with van der Waals surface area (Å²) in [6.45, 7) is 0.119. The SMILES string of the molecule is O=C(N/N=C/c1ccc([N+](=O)[O-])o1)OCc1ccccc1. The highest BCUT2D eigenvalue weighted by atomic mass is 16.6. The number of carbonyl (C=O) groups excluding carboxylic acids is 1. The Bertz CT molecular complexity index is 651.